The van der Waals surface area contributed by atoms with E-state index in [1.54, 1.807) is 4.90 Å². The number of carboxylic acid groups (broad SMARTS) is 1. The van der Waals surface area contributed by atoms with Crippen molar-refractivity contribution < 1.29 is 14.7 Å². The molecule has 0 aliphatic carbocycles. The molecule has 2 aliphatic heterocycles. The summed E-state index contributed by atoms with van der Waals surface area (Å²) in [5.41, 5.74) is 0. The summed E-state index contributed by atoms with van der Waals surface area (Å²) in [7, 11) is 0. The van der Waals surface area contributed by atoms with E-state index in [9.17, 15) is 9.59 Å². The van der Waals surface area contributed by atoms with Crippen LogP contribution in [0, 0.1) is 11.8 Å². The lowest BCUT2D eigenvalue weighted by Crippen LogP contribution is -2.51. The van der Waals surface area contributed by atoms with Crippen LogP contribution in [0.15, 0.2) is 0 Å². The first-order valence-electron chi connectivity index (χ1n) is 6.35. The maximum absolute atomic E-state index is 12.3. The molecule has 0 aromatic carbocycles. The summed E-state index contributed by atoms with van der Waals surface area (Å²) >= 11 is 0. The molecule has 0 aromatic heterocycles. The summed E-state index contributed by atoms with van der Waals surface area (Å²) in [6, 6.07) is -0.607. The summed E-state index contributed by atoms with van der Waals surface area (Å²) in [5.74, 6) is -0.583. The van der Waals surface area contributed by atoms with Gasteiger partial charge in [-0.1, -0.05) is 6.92 Å². The van der Waals surface area contributed by atoms with Crippen molar-refractivity contribution in [1.82, 2.24) is 10.2 Å². The van der Waals surface area contributed by atoms with Crippen LogP contribution in [0.1, 0.15) is 26.2 Å². The molecule has 0 radical (unpaired) electrons. The summed E-state index contributed by atoms with van der Waals surface area (Å²) in [6.45, 7) is 4.17. The Hall–Kier alpha value is -1.10. The molecule has 17 heavy (non-hydrogen) atoms. The number of nitrogens with one attached hydrogen (secondary N) is 1. The number of hydrogen-bond acceptors (Lipinski definition) is 3. The van der Waals surface area contributed by atoms with Gasteiger partial charge in [-0.15, -0.1) is 0 Å². The monoisotopic (exact) mass is 240 g/mol. The highest BCUT2D eigenvalue weighted by atomic mass is 16.4. The standard InChI is InChI=1S/C12H20N2O3/c1-8-6-13-7-9(8)11(15)14-5-3-2-4-10(14)12(16)17/h8-10,13H,2-7H2,1H3,(H,16,17)/t8-,9-,10+/m1/s1. The Morgan fingerprint density at radius 3 is 2.65 bits per heavy atom. The molecule has 2 rings (SSSR count). The van der Waals surface area contributed by atoms with Crippen LogP contribution in [-0.4, -0.2) is 47.6 Å². The third-order valence-corrected chi connectivity index (χ3v) is 3.91. The van der Waals surface area contributed by atoms with E-state index in [4.69, 9.17) is 5.11 Å². The van der Waals surface area contributed by atoms with Crippen LogP contribution in [0.3, 0.4) is 0 Å². The van der Waals surface area contributed by atoms with Gasteiger partial charge in [0.05, 0.1) is 5.92 Å². The molecular formula is C12H20N2O3. The van der Waals surface area contributed by atoms with Crippen molar-refractivity contribution in [3.8, 4) is 0 Å². The zero-order valence-electron chi connectivity index (χ0n) is 10.2. The molecule has 2 fully saturated rings. The largest absolute Gasteiger partial charge is 0.480 e. The summed E-state index contributed by atoms with van der Waals surface area (Å²) in [4.78, 5) is 25.1. The SMILES string of the molecule is C[C@@H]1CNC[C@H]1C(=O)N1CCCC[C@H]1C(=O)O. The molecular weight excluding hydrogens is 220 g/mol. The van der Waals surface area contributed by atoms with Crippen LogP contribution in [-0.2, 0) is 9.59 Å². The van der Waals surface area contributed by atoms with Crippen LogP contribution >= 0.6 is 0 Å². The number of carboxylic acids is 1. The zero-order valence-corrected chi connectivity index (χ0v) is 10.2. The van der Waals surface area contributed by atoms with Gasteiger partial charge < -0.3 is 15.3 Å². The minimum Gasteiger partial charge on any atom is -0.480 e. The van der Waals surface area contributed by atoms with Crippen LogP contribution in [0.4, 0.5) is 0 Å². The van der Waals surface area contributed by atoms with Gasteiger partial charge in [0, 0.05) is 13.1 Å². The second kappa shape index (κ2) is 5.04. The number of piperidine rings is 1. The molecule has 3 atom stereocenters. The van der Waals surface area contributed by atoms with Gasteiger partial charge in [0.1, 0.15) is 6.04 Å². The Bertz CT molecular complexity index is 319. The molecule has 1 amide bonds. The maximum atomic E-state index is 12.3. The van der Waals surface area contributed by atoms with Crippen molar-refractivity contribution in [3.05, 3.63) is 0 Å². The minimum atomic E-state index is -0.864. The third kappa shape index (κ3) is 2.44. The smallest absolute Gasteiger partial charge is 0.326 e. The molecule has 2 heterocycles. The number of aliphatic carboxylic acids is 1. The molecule has 0 spiro atoms. The zero-order chi connectivity index (χ0) is 12.4. The van der Waals surface area contributed by atoms with E-state index in [-0.39, 0.29) is 11.8 Å². The predicted molar refractivity (Wildman–Crippen MR) is 62.5 cm³/mol. The van der Waals surface area contributed by atoms with E-state index in [0.29, 0.717) is 25.4 Å². The van der Waals surface area contributed by atoms with E-state index in [1.807, 2.05) is 6.92 Å². The number of rotatable bonds is 2. The molecule has 96 valence electrons. The van der Waals surface area contributed by atoms with Crippen molar-refractivity contribution in [1.29, 1.82) is 0 Å². The number of likely N-dealkylation sites (tertiary alicyclic amines) is 1. The highest BCUT2D eigenvalue weighted by Crippen LogP contribution is 2.24. The average molecular weight is 240 g/mol. The lowest BCUT2D eigenvalue weighted by atomic mass is 9.93. The Morgan fingerprint density at radius 2 is 2.06 bits per heavy atom. The van der Waals surface area contributed by atoms with Gasteiger partial charge in [0.15, 0.2) is 0 Å². The first kappa shape index (κ1) is 12.4. The molecule has 0 saturated carbocycles. The number of carbonyl (C=O) groups is 2. The van der Waals surface area contributed by atoms with Gasteiger partial charge in [0.25, 0.3) is 0 Å². The molecule has 0 unspecified atom stereocenters. The Morgan fingerprint density at radius 1 is 1.29 bits per heavy atom. The fraction of sp³-hybridized carbons (Fsp3) is 0.833. The molecule has 0 bridgehead atoms. The van der Waals surface area contributed by atoms with Gasteiger partial charge >= 0.3 is 5.97 Å². The highest BCUT2D eigenvalue weighted by molar-refractivity contribution is 5.85. The molecule has 2 aliphatic rings. The number of nitrogens with zero attached hydrogens (tertiary/aromatic N) is 1. The predicted octanol–water partition coefficient (Wildman–Crippen LogP) is 0.308. The first-order chi connectivity index (χ1) is 8.11. The van der Waals surface area contributed by atoms with Crippen molar-refractivity contribution in [3.63, 3.8) is 0 Å². The van der Waals surface area contributed by atoms with E-state index < -0.39 is 12.0 Å². The number of carbonyl (C=O) groups excluding carboxylic acids is 1. The fourth-order valence-electron chi connectivity index (χ4n) is 2.81. The average Bonchev–Trinajstić information content (AvgIpc) is 2.74. The van der Waals surface area contributed by atoms with Crippen molar-refractivity contribution in [2.45, 2.75) is 32.2 Å². The van der Waals surface area contributed by atoms with E-state index in [0.717, 1.165) is 19.4 Å². The Balaban J connectivity index is 2.08. The molecule has 2 N–H and O–H groups in total. The van der Waals surface area contributed by atoms with Crippen molar-refractivity contribution in [2.24, 2.45) is 11.8 Å². The quantitative estimate of drug-likeness (QED) is 0.728. The highest BCUT2D eigenvalue weighted by Gasteiger charge is 2.38. The third-order valence-electron chi connectivity index (χ3n) is 3.91. The summed E-state index contributed by atoms with van der Waals surface area (Å²) in [6.07, 6.45) is 2.42. The van der Waals surface area contributed by atoms with Crippen LogP contribution in [0.5, 0.6) is 0 Å². The Kier molecular flexibility index (Phi) is 3.66. The van der Waals surface area contributed by atoms with Crippen molar-refractivity contribution >= 4 is 11.9 Å². The second-order valence-corrected chi connectivity index (χ2v) is 5.12. The van der Waals surface area contributed by atoms with Gasteiger partial charge in [-0.2, -0.15) is 0 Å². The molecule has 0 aromatic rings. The fourth-order valence-corrected chi connectivity index (χ4v) is 2.81. The summed E-state index contributed by atoms with van der Waals surface area (Å²) < 4.78 is 0. The topological polar surface area (TPSA) is 69.6 Å². The van der Waals surface area contributed by atoms with Crippen molar-refractivity contribution in [2.75, 3.05) is 19.6 Å². The molecule has 5 nitrogen and oxygen atoms in total. The first-order valence-corrected chi connectivity index (χ1v) is 6.35. The van der Waals surface area contributed by atoms with Crippen LogP contribution in [0.2, 0.25) is 0 Å². The van der Waals surface area contributed by atoms with E-state index in [1.165, 1.54) is 0 Å². The van der Waals surface area contributed by atoms with Gasteiger partial charge in [-0.05, 0) is 31.7 Å². The number of hydrogen-bond donors (Lipinski definition) is 2. The summed E-state index contributed by atoms with van der Waals surface area (Å²) in [5, 5.41) is 12.3. The lowest BCUT2D eigenvalue weighted by Gasteiger charge is -2.35. The second-order valence-electron chi connectivity index (χ2n) is 5.12. The molecule has 5 heteroatoms. The Labute approximate surface area is 101 Å². The van der Waals surface area contributed by atoms with Crippen LogP contribution in [0.25, 0.3) is 0 Å². The lowest BCUT2D eigenvalue weighted by molar-refractivity contribution is -0.154. The van der Waals surface area contributed by atoms with E-state index >= 15 is 0 Å². The number of amides is 1. The maximum Gasteiger partial charge on any atom is 0.326 e. The molecule has 2 saturated heterocycles. The van der Waals surface area contributed by atoms with Gasteiger partial charge in [-0.25, -0.2) is 4.79 Å². The van der Waals surface area contributed by atoms with Gasteiger partial charge in [0.2, 0.25) is 5.91 Å². The normalized spacial score (nSPS) is 33.7. The van der Waals surface area contributed by atoms with Crippen LogP contribution < -0.4 is 5.32 Å². The minimum absolute atomic E-state index is 0.0228. The van der Waals surface area contributed by atoms with Gasteiger partial charge in [-0.3, -0.25) is 4.79 Å². The van der Waals surface area contributed by atoms with E-state index in [2.05, 4.69) is 5.32 Å².